The predicted molar refractivity (Wildman–Crippen MR) is 79.5 cm³/mol. The summed E-state index contributed by atoms with van der Waals surface area (Å²) < 4.78 is 28.7. The van der Waals surface area contributed by atoms with Gasteiger partial charge in [-0.1, -0.05) is 12.2 Å². The second-order valence-corrected chi connectivity index (χ2v) is 7.61. The Balaban J connectivity index is 2.24. The number of hydrogen-bond donors (Lipinski definition) is 1. The minimum Gasteiger partial charge on any atom is -0.489 e. The minimum absolute atomic E-state index is 0.100. The summed E-state index contributed by atoms with van der Waals surface area (Å²) in [6, 6.07) is 3.74. The van der Waals surface area contributed by atoms with E-state index in [1.807, 2.05) is 26.0 Å². The molecule has 19 heavy (non-hydrogen) atoms. The molecule has 1 heterocycles. The van der Waals surface area contributed by atoms with Crippen LogP contribution in [0.3, 0.4) is 0 Å². The third-order valence-corrected chi connectivity index (χ3v) is 5.19. The lowest BCUT2D eigenvalue weighted by Crippen LogP contribution is -2.19. The Kier molecular flexibility index (Phi) is 3.82. The number of hydrogen-bond acceptors (Lipinski definition) is 4. The van der Waals surface area contributed by atoms with E-state index in [0.717, 1.165) is 22.4 Å². The topological polar surface area (TPSA) is 69.4 Å². The van der Waals surface area contributed by atoms with E-state index in [1.165, 1.54) is 0 Å². The smallest absolute Gasteiger partial charge is 0.154 e. The van der Waals surface area contributed by atoms with Crippen molar-refractivity contribution in [2.45, 2.75) is 26.4 Å². The Morgan fingerprint density at radius 3 is 2.37 bits per heavy atom. The lowest BCUT2D eigenvalue weighted by Gasteiger charge is -2.17. The molecule has 0 amide bonds. The Morgan fingerprint density at radius 1 is 1.37 bits per heavy atom. The van der Waals surface area contributed by atoms with E-state index < -0.39 is 9.84 Å². The molecule has 1 aromatic carbocycles. The van der Waals surface area contributed by atoms with Crippen LogP contribution in [0, 0.1) is 13.8 Å². The number of aryl methyl sites for hydroxylation is 2. The maximum atomic E-state index is 11.4. The molecule has 1 saturated heterocycles. The Hall–Kier alpha value is -1.14. The van der Waals surface area contributed by atoms with E-state index in [1.54, 1.807) is 0 Å². The fraction of sp³-hybridized carbons (Fsp3) is 0.462. The van der Waals surface area contributed by atoms with Crippen molar-refractivity contribution in [1.82, 2.24) is 0 Å². The molecule has 1 aliphatic rings. The molecular weight excluding hydrogens is 282 g/mol. The molecule has 1 atom stereocenters. The van der Waals surface area contributed by atoms with E-state index in [-0.39, 0.29) is 17.6 Å². The third kappa shape index (κ3) is 3.25. The molecule has 0 saturated carbocycles. The molecular formula is C13H17NO3S2. The van der Waals surface area contributed by atoms with Gasteiger partial charge in [0, 0.05) is 5.56 Å². The molecule has 0 spiro atoms. The maximum absolute atomic E-state index is 11.4. The molecule has 104 valence electrons. The van der Waals surface area contributed by atoms with E-state index >= 15 is 0 Å². The molecule has 4 nitrogen and oxygen atoms in total. The third-order valence-electron chi connectivity index (χ3n) is 3.22. The van der Waals surface area contributed by atoms with Crippen LogP contribution in [0.25, 0.3) is 0 Å². The fourth-order valence-electron chi connectivity index (χ4n) is 2.30. The van der Waals surface area contributed by atoms with E-state index in [0.29, 0.717) is 11.4 Å². The van der Waals surface area contributed by atoms with Gasteiger partial charge in [0.05, 0.1) is 11.5 Å². The molecule has 6 heteroatoms. The van der Waals surface area contributed by atoms with Gasteiger partial charge in [-0.25, -0.2) is 8.42 Å². The van der Waals surface area contributed by atoms with Gasteiger partial charge in [0.15, 0.2) is 9.84 Å². The summed E-state index contributed by atoms with van der Waals surface area (Å²) in [5, 5.41) is 0. The van der Waals surface area contributed by atoms with Crippen molar-refractivity contribution in [3.8, 4) is 5.75 Å². The van der Waals surface area contributed by atoms with Crippen LogP contribution in [0.5, 0.6) is 5.75 Å². The molecule has 0 bridgehead atoms. The lowest BCUT2D eigenvalue weighted by molar-refractivity contribution is 0.226. The van der Waals surface area contributed by atoms with Crippen molar-refractivity contribution < 1.29 is 13.2 Å². The van der Waals surface area contributed by atoms with Gasteiger partial charge in [0.2, 0.25) is 0 Å². The highest BCUT2D eigenvalue weighted by Crippen LogP contribution is 2.28. The van der Waals surface area contributed by atoms with Gasteiger partial charge in [-0.2, -0.15) is 0 Å². The monoisotopic (exact) mass is 299 g/mol. The van der Waals surface area contributed by atoms with Gasteiger partial charge in [0.25, 0.3) is 0 Å². The summed E-state index contributed by atoms with van der Waals surface area (Å²) in [6.45, 7) is 3.82. The average molecular weight is 299 g/mol. The molecule has 0 aromatic heterocycles. The van der Waals surface area contributed by atoms with Crippen molar-refractivity contribution in [3.63, 3.8) is 0 Å². The Labute approximate surface area is 118 Å². The summed E-state index contributed by atoms with van der Waals surface area (Å²) in [5.74, 6) is 1.05. The van der Waals surface area contributed by atoms with Gasteiger partial charge < -0.3 is 10.5 Å². The first-order valence-electron chi connectivity index (χ1n) is 6.06. The quantitative estimate of drug-likeness (QED) is 0.857. The number of nitrogens with two attached hydrogens (primary N) is 1. The highest BCUT2D eigenvalue weighted by atomic mass is 32.2. The van der Waals surface area contributed by atoms with Gasteiger partial charge in [-0.3, -0.25) is 0 Å². The van der Waals surface area contributed by atoms with Crippen molar-refractivity contribution >= 4 is 27.0 Å². The van der Waals surface area contributed by atoms with Crippen LogP contribution in [-0.2, 0) is 9.84 Å². The maximum Gasteiger partial charge on any atom is 0.154 e. The molecule has 2 N–H and O–H groups in total. The van der Waals surface area contributed by atoms with Crippen LogP contribution in [0.2, 0.25) is 0 Å². The molecule has 1 aromatic rings. The number of benzene rings is 1. The number of thiocarbonyl (C=S) groups is 1. The normalized spacial score (nSPS) is 21.3. The van der Waals surface area contributed by atoms with Crippen molar-refractivity contribution in [1.29, 1.82) is 0 Å². The van der Waals surface area contributed by atoms with Crippen LogP contribution in [0.15, 0.2) is 12.1 Å². The van der Waals surface area contributed by atoms with Crippen molar-refractivity contribution in [3.05, 3.63) is 28.8 Å². The first-order valence-corrected chi connectivity index (χ1v) is 8.29. The number of rotatable bonds is 3. The summed E-state index contributed by atoms with van der Waals surface area (Å²) in [4.78, 5) is 0.348. The van der Waals surface area contributed by atoms with E-state index in [9.17, 15) is 8.42 Å². The van der Waals surface area contributed by atoms with Crippen LogP contribution in [0.1, 0.15) is 23.1 Å². The Morgan fingerprint density at radius 2 is 1.95 bits per heavy atom. The molecule has 1 fully saturated rings. The summed E-state index contributed by atoms with van der Waals surface area (Å²) in [6.07, 6.45) is 0.302. The van der Waals surface area contributed by atoms with Crippen molar-refractivity contribution in [2.75, 3.05) is 11.5 Å². The minimum atomic E-state index is -2.93. The van der Waals surface area contributed by atoms with Gasteiger partial charge in [-0.05, 0) is 43.5 Å². The van der Waals surface area contributed by atoms with Crippen LogP contribution in [-0.4, -0.2) is 31.0 Å². The molecule has 1 aliphatic heterocycles. The zero-order valence-electron chi connectivity index (χ0n) is 11.0. The van der Waals surface area contributed by atoms with E-state index in [2.05, 4.69) is 0 Å². The zero-order chi connectivity index (χ0) is 14.2. The summed E-state index contributed by atoms with van der Waals surface area (Å²) >= 11 is 4.96. The standard InChI is InChI=1S/C13H17NO3S2/c1-8-5-10(13(14)18)6-9(2)12(8)17-11-3-4-19(15,16)7-11/h5-6,11H,3-4,7H2,1-2H3,(H2,14,18). The molecule has 0 radical (unpaired) electrons. The second kappa shape index (κ2) is 5.09. The second-order valence-electron chi connectivity index (χ2n) is 4.95. The SMILES string of the molecule is Cc1cc(C(N)=S)cc(C)c1OC1CCS(=O)(=O)C1. The highest BCUT2D eigenvalue weighted by molar-refractivity contribution is 7.91. The van der Waals surface area contributed by atoms with Gasteiger partial charge >= 0.3 is 0 Å². The highest BCUT2D eigenvalue weighted by Gasteiger charge is 2.30. The Bertz CT molecular complexity index is 600. The van der Waals surface area contributed by atoms with E-state index in [4.69, 9.17) is 22.7 Å². The van der Waals surface area contributed by atoms with Crippen LogP contribution in [0.4, 0.5) is 0 Å². The zero-order valence-corrected chi connectivity index (χ0v) is 12.6. The predicted octanol–water partition coefficient (Wildman–Crippen LogP) is 1.50. The number of ether oxygens (including phenoxy) is 1. The summed E-state index contributed by atoms with van der Waals surface area (Å²) in [5.41, 5.74) is 8.26. The van der Waals surface area contributed by atoms with Gasteiger partial charge in [-0.15, -0.1) is 0 Å². The molecule has 2 rings (SSSR count). The van der Waals surface area contributed by atoms with Crippen LogP contribution >= 0.6 is 12.2 Å². The average Bonchev–Trinajstić information content (AvgIpc) is 2.63. The molecule has 1 unspecified atom stereocenters. The first kappa shape index (κ1) is 14.3. The summed E-state index contributed by atoms with van der Waals surface area (Å²) in [7, 11) is -2.93. The first-order chi connectivity index (χ1) is 8.78. The fourth-order valence-corrected chi connectivity index (χ4v) is 4.01. The lowest BCUT2D eigenvalue weighted by atomic mass is 10.1. The van der Waals surface area contributed by atoms with Gasteiger partial charge in [0.1, 0.15) is 16.8 Å². The molecule has 0 aliphatic carbocycles. The van der Waals surface area contributed by atoms with Crippen LogP contribution < -0.4 is 10.5 Å². The largest absolute Gasteiger partial charge is 0.489 e. The number of sulfone groups is 1. The van der Waals surface area contributed by atoms with Crippen molar-refractivity contribution in [2.24, 2.45) is 5.73 Å².